The number of nitrogens with zero attached hydrogens (tertiary/aromatic N) is 3. The summed E-state index contributed by atoms with van der Waals surface area (Å²) in [5.41, 5.74) is 1.72. The van der Waals surface area contributed by atoms with Gasteiger partial charge in [-0.2, -0.15) is 5.10 Å². The number of rotatable bonds is 4. The van der Waals surface area contributed by atoms with Crippen LogP contribution in [0.2, 0.25) is 0 Å². The molecule has 1 fully saturated rings. The lowest BCUT2D eigenvalue weighted by atomic mass is 10.2. The van der Waals surface area contributed by atoms with Crippen molar-refractivity contribution < 1.29 is 9.21 Å². The largest absolute Gasteiger partial charge is 0.438 e. The number of amides is 1. The van der Waals surface area contributed by atoms with Gasteiger partial charge in [-0.15, -0.1) is 0 Å². The zero-order valence-electron chi connectivity index (χ0n) is 11.0. The first-order chi connectivity index (χ1) is 9.19. The minimum Gasteiger partial charge on any atom is -0.438 e. The highest BCUT2D eigenvalue weighted by Gasteiger charge is 2.32. The number of aromatic nitrogens is 3. The van der Waals surface area contributed by atoms with E-state index >= 15 is 0 Å². The van der Waals surface area contributed by atoms with Crippen molar-refractivity contribution in [2.75, 3.05) is 5.32 Å². The van der Waals surface area contributed by atoms with E-state index in [2.05, 4.69) is 15.4 Å². The van der Waals surface area contributed by atoms with Gasteiger partial charge in [0.15, 0.2) is 6.39 Å². The molecule has 1 saturated carbocycles. The molecule has 2 aromatic rings. The highest BCUT2D eigenvalue weighted by Crippen LogP contribution is 2.40. The average molecular weight is 260 g/mol. The molecule has 1 N–H and O–H groups in total. The highest BCUT2D eigenvalue weighted by molar-refractivity contribution is 6.02. The Labute approximate surface area is 110 Å². The van der Waals surface area contributed by atoms with E-state index in [4.69, 9.17) is 4.42 Å². The topological polar surface area (TPSA) is 73.0 Å². The van der Waals surface area contributed by atoms with Crippen molar-refractivity contribution >= 4 is 11.7 Å². The molecule has 0 atom stereocenters. The van der Waals surface area contributed by atoms with E-state index in [1.165, 1.54) is 6.39 Å². The molecule has 0 radical (unpaired) electrons. The summed E-state index contributed by atoms with van der Waals surface area (Å²) in [4.78, 5) is 16.3. The maximum absolute atomic E-state index is 12.2. The van der Waals surface area contributed by atoms with Gasteiger partial charge in [0.05, 0.1) is 11.4 Å². The molecule has 0 aliphatic heterocycles. The van der Waals surface area contributed by atoms with Crippen LogP contribution in [-0.2, 0) is 13.5 Å². The third kappa shape index (κ3) is 2.25. The second-order valence-electron chi connectivity index (χ2n) is 4.79. The van der Waals surface area contributed by atoms with Crippen LogP contribution < -0.4 is 5.32 Å². The van der Waals surface area contributed by atoms with E-state index < -0.39 is 0 Å². The molecule has 1 aliphatic rings. The van der Waals surface area contributed by atoms with Crippen LogP contribution in [0.5, 0.6) is 0 Å². The van der Waals surface area contributed by atoms with E-state index in [-0.39, 0.29) is 5.91 Å². The number of carbonyl (C=O) groups is 1. The zero-order valence-corrected chi connectivity index (χ0v) is 11.0. The van der Waals surface area contributed by atoms with Crippen LogP contribution in [0.25, 0.3) is 0 Å². The molecule has 6 nitrogen and oxygen atoms in total. The minimum absolute atomic E-state index is 0.259. The number of aryl methyl sites for hydroxylation is 2. The Morgan fingerprint density at radius 1 is 1.58 bits per heavy atom. The van der Waals surface area contributed by atoms with E-state index in [9.17, 15) is 4.79 Å². The number of carbonyl (C=O) groups excluding carboxylic acids is 1. The fraction of sp³-hybridized carbons (Fsp3) is 0.462. The van der Waals surface area contributed by atoms with Crippen LogP contribution in [0, 0.1) is 0 Å². The highest BCUT2D eigenvalue weighted by atomic mass is 16.3. The summed E-state index contributed by atoms with van der Waals surface area (Å²) >= 11 is 0. The SMILES string of the molecule is CCc1cc(NC(=O)c2ocnc2C2CC2)n(C)n1. The molecule has 19 heavy (non-hydrogen) atoms. The molecule has 100 valence electrons. The van der Waals surface area contributed by atoms with Crippen molar-refractivity contribution in [3.63, 3.8) is 0 Å². The molecule has 3 rings (SSSR count). The minimum atomic E-state index is -0.259. The van der Waals surface area contributed by atoms with Gasteiger partial charge in [0.2, 0.25) is 5.76 Å². The van der Waals surface area contributed by atoms with E-state index in [0.29, 0.717) is 17.5 Å². The van der Waals surface area contributed by atoms with E-state index in [1.54, 1.807) is 11.7 Å². The van der Waals surface area contributed by atoms with Crippen molar-refractivity contribution in [1.29, 1.82) is 0 Å². The molecule has 2 heterocycles. The molecular weight excluding hydrogens is 244 g/mol. The molecule has 0 bridgehead atoms. The van der Waals surface area contributed by atoms with Gasteiger partial charge < -0.3 is 9.73 Å². The predicted octanol–water partition coefficient (Wildman–Crippen LogP) is 2.10. The summed E-state index contributed by atoms with van der Waals surface area (Å²) in [5, 5.41) is 7.11. The Morgan fingerprint density at radius 3 is 3.00 bits per heavy atom. The van der Waals surface area contributed by atoms with Crippen molar-refractivity contribution in [3.05, 3.63) is 29.6 Å². The standard InChI is InChI=1S/C13H16N4O2/c1-3-9-6-10(17(2)16-9)15-13(18)12-11(8-4-5-8)14-7-19-12/h6-8H,3-5H2,1-2H3,(H,15,18). The summed E-state index contributed by atoms with van der Waals surface area (Å²) < 4.78 is 6.88. The van der Waals surface area contributed by atoms with Crippen molar-refractivity contribution in [3.8, 4) is 0 Å². The second-order valence-corrected chi connectivity index (χ2v) is 4.79. The Balaban J connectivity index is 1.80. The third-order valence-corrected chi connectivity index (χ3v) is 3.30. The summed E-state index contributed by atoms with van der Waals surface area (Å²) in [7, 11) is 1.80. The normalized spacial score (nSPS) is 14.6. The fourth-order valence-corrected chi connectivity index (χ4v) is 2.06. The van der Waals surface area contributed by atoms with E-state index in [1.807, 2.05) is 13.0 Å². The molecule has 1 amide bonds. The smallest absolute Gasteiger partial charge is 0.294 e. The van der Waals surface area contributed by atoms with Crippen LogP contribution in [0.3, 0.4) is 0 Å². The molecular formula is C13H16N4O2. The molecule has 6 heteroatoms. The van der Waals surface area contributed by atoms with Crippen LogP contribution in [0.15, 0.2) is 16.9 Å². The lowest BCUT2D eigenvalue weighted by Crippen LogP contribution is -2.15. The van der Waals surface area contributed by atoms with Crippen LogP contribution >= 0.6 is 0 Å². The Hall–Kier alpha value is -2.11. The number of hydrogen-bond donors (Lipinski definition) is 1. The average Bonchev–Trinajstić information content (AvgIpc) is 3.01. The van der Waals surface area contributed by atoms with Gasteiger partial charge in [-0.25, -0.2) is 4.98 Å². The fourth-order valence-electron chi connectivity index (χ4n) is 2.06. The maximum Gasteiger partial charge on any atom is 0.294 e. The summed E-state index contributed by atoms with van der Waals surface area (Å²) in [6, 6.07) is 1.87. The molecule has 0 saturated heterocycles. The quantitative estimate of drug-likeness (QED) is 0.913. The zero-order chi connectivity index (χ0) is 13.4. The Morgan fingerprint density at radius 2 is 2.37 bits per heavy atom. The van der Waals surface area contributed by atoms with Gasteiger partial charge in [-0.3, -0.25) is 9.48 Å². The van der Waals surface area contributed by atoms with Crippen LogP contribution in [0.4, 0.5) is 5.82 Å². The molecule has 0 aromatic carbocycles. The lowest BCUT2D eigenvalue weighted by Gasteiger charge is -2.03. The van der Waals surface area contributed by atoms with Crippen molar-refractivity contribution in [1.82, 2.24) is 14.8 Å². The number of anilines is 1. The van der Waals surface area contributed by atoms with Gasteiger partial charge in [-0.1, -0.05) is 6.92 Å². The number of hydrogen-bond acceptors (Lipinski definition) is 4. The number of oxazole rings is 1. The van der Waals surface area contributed by atoms with Crippen LogP contribution in [0.1, 0.15) is 47.6 Å². The monoisotopic (exact) mass is 260 g/mol. The second kappa shape index (κ2) is 4.53. The molecule has 0 spiro atoms. The van der Waals surface area contributed by atoms with E-state index in [0.717, 1.165) is 30.7 Å². The Bertz CT molecular complexity index is 610. The third-order valence-electron chi connectivity index (χ3n) is 3.30. The first kappa shape index (κ1) is 12.0. The molecule has 1 aliphatic carbocycles. The van der Waals surface area contributed by atoms with Crippen LogP contribution in [-0.4, -0.2) is 20.7 Å². The molecule has 2 aromatic heterocycles. The summed E-state index contributed by atoms with van der Waals surface area (Å²) in [6.07, 6.45) is 4.33. The van der Waals surface area contributed by atoms with Gasteiger partial charge >= 0.3 is 0 Å². The maximum atomic E-state index is 12.2. The Kier molecular flexibility index (Phi) is 2.85. The van der Waals surface area contributed by atoms with Crippen molar-refractivity contribution in [2.24, 2.45) is 7.05 Å². The van der Waals surface area contributed by atoms with Gasteiger partial charge in [0.25, 0.3) is 5.91 Å². The molecule has 0 unspecified atom stereocenters. The summed E-state index contributed by atoms with van der Waals surface area (Å²) in [5.74, 6) is 1.11. The number of nitrogens with one attached hydrogen (secondary N) is 1. The van der Waals surface area contributed by atoms with Gasteiger partial charge in [0.1, 0.15) is 5.82 Å². The predicted molar refractivity (Wildman–Crippen MR) is 69.0 cm³/mol. The summed E-state index contributed by atoms with van der Waals surface area (Å²) in [6.45, 7) is 2.02. The van der Waals surface area contributed by atoms with Gasteiger partial charge in [-0.05, 0) is 19.3 Å². The van der Waals surface area contributed by atoms with Crippen molar-refractivity contribution in [2.45, 2.75) is 32.1 Å². The van der Waals surface area contributed by atoms with Gasteiger partial charge in [0, 0.05) is 19.0 Å². The first-order valence-electron chi connectivity index (χ1n) is 6.46. The lowest BCUT2D eigenvalue weighted by molar-refractivity contribution is 0.0994. The first-order valence-corrected chi connectivity index (χ1v) is 6.46.